The first-order chi connectivity index (χ1) is 12.0. The molecular weight excluding hydrogens is 322 g/mol. The maximum Gasteiger partial charge on any atom is 0.333 e. The van der Waals surface area contributed by atoms with Gasteiger partial charge in [-0.05, 0) is 42.3 Å². The van der Waals surface area contributed by atoms with Crippen LogP contribution < -0.4 is 4.74 Å². The van der Waals surface area contributed by atoms with E-state index in [4.69, 9.17) is 14.2 Å². The second-order valence-electron chi connectivity index (χ2n) is 5.45. The van der Waals surface area contributed by atoms with Crippen LogP contribution in [0, 0.1) is 16.7 Å². The van der Waals surface area contributed by atoms with Crippen LogP contribution in [0.5, 0.6) is 5.75 Å². The Morgan fingerprint density at radius 1 is 1.28 bits per heavy atom. The summed E-state index contributed by atoms with van der Waals surface area (Å²) in [5.74, 6) is -0.550. The van der Waals surface area contributed by atoms with E-state index in [0.29, 0.717) is 11.3 Å². The summed E-state index contributed by atoms with van der Waals surface area (Å²) in [6.45, 7) is 1.81. The molecule has 0 radical (unpaired) electrons. The van der Waals surface area contributed by atoms with E-state index >= 15 is 0 Å². The highest BCUT2D eigenvalue weighted by Crippen LogP contribution is 2.44. The predicted molar refractivity (Wildman–Crippen MR) is 90.4 cm³/mol. The molecule has 0 bridgehead atoms. The third-order valence-electron chi connectivity index (χ3n) is 3.98. The maximum absolute atomic E-state index is 12.5. The molecule has 0 saturated heterocycles. The number of hydrogen-bond donors (Lipinski definition) is 0. The molecule has 0 spiro atoms. The molecule has 0 amide bonds. The topological polar surface area (TPSA) is 85.6 Å². The van der Waals surface area contributed by atoms with E-state index in [1.54, 1.807) is 44.4 Å². The van der Waals surface area contributed by atoms with E-state index in [1.165, 1.54) is 13.2 Å². The Labute approximate surface area is 146 Å². The van der Waals surface area contributed by atoms with Crippen LogP contribution in [-0.2, 0) is 19.1 Å². The summed E-state index contributed by atoms with van der Waals surface area (Å²) in [4.78, 5) is 24.3. The highest BCUT2D eigenvalue weighted by molar-refractivity contribution is 5.97. The molecule has 1 aliphatic carbocycles. The van der Waals surface area contributed by atoms with Gasteiger partial charge in [0.15, 0.2) is 5.41 Å². The molecule has 1 aromatic rings. The van der Waals surface area contributed by atoms with Crippen molar-refractivity contribution in [2.75, 3.05) is 20.8 Å². The van der Waals surface area contributed by atoms with Crippen molar-refractivity contribution in [3.05, 3.63) is 47.1 Å². The molecule has 0 N–H and O–H groups in total. The third-order valence-corrected chi connectivity index (χ3v) is 3.98. The summed E-state index contributed by atoms with van der Waals surface area (Å²) in [7, 11) is 2.82. The molecule has 0 aromatic heterocycles. The first kappa shape index (κ1) is 18.3. The van der Waals surface area contributed by atoms with Gasteiger partial charge in [-0.15, -0.1) is 0 Å². The van der Waals surface area contributed by atoms with Crippen molar-refractivity contribution in [1.82, 2.24) is 0 Å². The summed E-state index contributed by atoms with van der Waals surface area (Å²) in [6, 6.07) is 9.16. The minimum Gasteiger partial charge on any atom is -0.497 e. The SMILES string of the molecule is CCOC(=O)C1(C#N)CC(C(=O)OC)=C/C1=C/c1ccc(OC)cc1. The van der Waals surface area contributed by atoms with Crippen LogP contribution in [0.3, 0.4) is 0 Å². The first-order valence-corrected chi connectivity index (χ1v) is 7.74. The van der Waals surface area contributed by atoms with Crippen LogP contribution in [0.25, 0.3) is 6.08 Å². The molecule has 1 aliphatic rings. The molecule has 1 aromatic carbocycles. The first-order valence-electron chi connectivity index (χ1n) is 7.74. The predicted octanol–water partition coefficient (Wildman–Crippen LogP) is 2.65. The summed E-state index contributed by atoms with van der Waals surface area (Å²) < 4.78 is 14.9. The quantitative estimate of drug-likeness (QED) is 0.765. The molecule has 6 nitrogen and oxygen atoms in total. The number of ether oxygens (including phenoxy) is 3. The fraction of sp³-hybridized carbons (Fsp3) is 0.316. The van der Waals surface area contributed by atoms with E-state index in [0.717, 1.165) is 5.56 Å². The monoisotopic (exact) mass is 341 g/mol. The highest BCUT2D eigenvalue weighted by Gasteiger charge is 2.49. The Bertz CT molecular complexity index is 770. The lowest BCUT2D eigenvalue weighted by Gasteiger charge is -2.21. The molecule has 2 rings (SSSR count). The number of hydrogen-bond acceptors (Lipinski definition) is 6. The number of carbonyl (C=O) groups is 2. The molecule has 1 atom stereocenters. The molecular formula is C19H19NO5. The molecule has 6 heteroatoms. The van der Waals surface area contributed by atoms with Gasteiger partial charge >= 0.3 is 11.9 Å². The number of nitriles is 1. The van der Waals surface area contributed by atoms with Gasteiger partial charge < -0.3 is 14.2 Å². The van der Waals surface area contributed by atoms with Gasteiger partial charge in [-0.3, -0.25) is 0 Å². The maximum atomic E-state index is 12.5. The summed E-state index contributed by atoms with van der Waals surface area (Å²) in [5.41, 5.74) is -0.127. The van der Waals surface area contributed by atoms with Crippen molar-refractivity contribution in [3.63, 3.8) is 0 Å². The van der Waals surface area contributed by atoms with Gasteiger partial charge in [-0.25, -0.2) is 9.59 Å². The van der Waals surface area contributed by atoms with Crippen molar-refractivity contribution in [2.45, 2.75) is 13.3 Å². The molecule has 0 aliphatic heterocycles. The number of nitrogens with zero attached hydrogens (tertiary/aromatic N) is 1. The van der Waals surface area contributed by atoms with Gasteiger partial charge in [0.05, 0.1) is 26.9 Å². The normalized spacial score (nSPS) is 20.6. The summed E-state index contributed by atoms with van der Waals surface area (Å²) in [5, 5.41) is 9.72. The third kappa shape index (κ3) is 3.56. The molecule has 0 heterocycles. The lowest BCUT2D eigenvalue weighted by molar-refractivity contribution is -0.149. The average molecular weight is 341 g/mol. The Kier molecular flexibility index (Phi) is 5.60. The van der Waals surface area contributed by atoms with Crippen molar-refractivity contribution in [3.8, 4) is 11.8 Å². The van der Waals surface area contributed by atoms with E-state index in [2.05, 4.69) is 0 Å². The van der Waals surface area contributed by atoms with Gasteiger partial charge in [-0.1, -0.05) is 12.1 Å². The lowest BCUT2D eigenvalue weighted by atomic mass is 9.81. The summed E-state index contributed by atoms with van der Waals surface area (Å²) in [6.07, 6.45) is 3.14. The second-order valence-corrected chi connectivity index (χ2v) is 5.45. The molecule has 0 fully saturated rings. The second kappa shape index (κ2) is 7.67. The highest BCUT2D eigenvalue weighted by atomic mass is 16.5. The van der Waals surface area contributed by atoms with E-state index in [1.807, 2.05) is 6.07 Å². The van der Waals surface area contributed by atoms with Crippen molar-refractivity contribution in [1.29, 1.82) is 5.26 Å². The number of benzene rings is 1. The molecule has 1 unspecified atom stereocenters. The zero-order valence-electron chi connectivity index (χ0n) is 14.4. The lowest BCUT2D eigenvalue weighted by Crippen LogP contribution is -2.31. The van der Waals surface area contributed by atoms with Gasteiger partial charge in [0.1, 0.15) is 5.75 Å². The number of esters is 2. The van der Waals surface area contributed by atoms with E-state index in [-0.39, 0.29) is 18.6 Å². The van der Waals surface area contributed by atoms with Crippen LogP contribution in [-0.4, -0.2) is 32.8 Å². The van der Waals surface area contributed by atoms with Gasteiger partial charge in [0.2, 0.25) is 0 Å². The number of carbonyl (C=O) groups excluding carboxylic acids is 2. The largest absolute Gasteiger partial charge is 0.497 e. The Hall–Kier alpha value is -3.07. The number of rotatable bonds is 5. The molecule has 0 saturated carbocycles. The van der Waals surface area contributed by atoms with Gasteiger partial charge in [-0.2, -0.15) is 5.26 Å². The van der Waals surface area contributed by atoms with E-state index in [9.17, 15) is 14.9 Å². The van der Waals surface area contributed by atoms with Gasteiger partial charge in [0, 0.05) is 12.0 Å². The molecule has 25 heavy (non-hydrogen) atoms. The van der Waals surface area contributed by atoms with Gasteiger partial charge in [0.25, 0.3) is 0 Å². The van der Waals surface area contributed by atoms with Crippen molar-refractivity contribution < 1.29 is 23.8 Å². The fourth-order valence-electron chi connectivity index (χ4n) is 2.65. The van der Waals surface area contributed by atoms with Crippen LogP contribution in [0.15, 0.2) is 41.5 Å². The Morgan fingerprint density at radius 2 is 1.96 bits per heavy atom. The number of allylic oxidation sites excluding steroid dienone is 1. The van der Waals surface area contributed by atoms with Crippen molar-refractivity contribution >= 4 is 18.0 Å². The van der Waals surface area contributed by atoms with E-state index < -0.39 is 17.4 Å². The average Bonchev–Trinajstić information content (AvgIpc) is 3.01. The fourth-order valence-corrected chi connectivity index (χ4v) is 2.65. The van der Waals surface area contributed by atoms with Crippen molar-refractivity contribution in [2.24, 2.45) is 5.41 Å². The zero-order chi connectivity index (χ0) is 18.4. The molecule has 130 valence electrons. The smallest absolute Gasteiger partial charge is 0.333 e. The minimum absolute atomic E-state index is 0.0724. The van der Waals surface area contributed by atoms with Crippen LogP contribution in [0.4, 0.5) is 0 Å². The summed E-state index contributed by atoms with van der Waals surface area (Å²) >= 11 is 0. The Morgan fingerprint density at radius 3 is 2.48 bits per heavy atom. The minimum atomic E-state index is -1.56. The van der Waals surface area contributed by atoms with Crippen LogP contribution in [0.2, 0.25) is 0 Å². The van der Waals surface area contributed by atoms with Crippen LogP contribution >= 0.6 is 0 Å². The standard InChI is InChI=1S/C19H19NO5/c1-4-25-18(22)19(12-20)11-14(17(21)24-3)10-15(19)9-13-5-7-16(23-2)8-6-13/h5-10H,4,11H2,1-3H3/b15-9-. The Balaban J connectivity index is 2.51. The van der Waals surface area contributed by atoms with Crippen LogP contribution in [0.1, 0.15) is 18.9 Å². The zero-order valence-corrected chi connectivity index (χ0v) is 14.4. The number of methoxy groups -OCH3 is 2.